The van der Waals surface area contributed by atoms with Gasteiger partial charge in [-0.15, -0.1) is 0 Å². The molecular formula is C13H11NO5. The van der Waals surface area contributed by atoms with E-state index in [9.17, 15) is 14.4 Å². The topological polar surface area (TPSA) is 83.9 Å². The molecule has 0 bridgehead atoms. The zero-order valence-electron chi connectivity index (χ0n) is 10.1. The number of ketones is 1. The van der Waals surface area contributed by atoms with Crippen LogP contribution in [-0.4, -0.2) is 36.4 Å². The maximum Gasteiger partial charge on any atom is 0.328 e. The van der Waals surface area contributed by atoms with Gasteiger partial charge in [0.1, 0.15) is 5.75 Å². The molecule has 1 aliphatic heterocycles. The number of carbonyl (C=O) groups is 3. The average molecular weight is 261 g/mol. The first-order chi connectivity index (χ1) is 9.04. The van der Waals surface area contributed by atoms with Gasteiger partial charge in [-0.25, -0.2) is 4.79 Å². The third-order valence-corrected chi connectivity index (χ3v) is 2.73. The molecule has 98 valence electrons. The molecule has 0 unspecified atom stereocenters. The number of nitrogens with zero attached hydrogens (tertiary/aromatic N) is 1. The maximum atomic E-state index is 11.8. The summed E-state index contributed by atoms with van der Waals surface area (Å²) in [6.07, 6.45) is 2.23. The van der Waals surface area contributed by atoms with E-state index in [0.29, 0.717) is 17.0 Å². The Morgan fingerprint density at radius 2 is 2.16 bits per heavy atom. The summed E-state index contributed by atoms with van der Waals surface area (Å²) in [5.41, 5.74) is 0.735. The molecule has 0 atom stereocenters. The molecule has 0 fully saturated rings. The van der Waals surface area contributed by atoms with Crippen LogP contribution < -0.4 is 9.64 Å². The van der Waals surface area contributed by atoms with Gasteiger partial charge in [0, 0.05) is 18.7 Å². The van der Waals surface area contributed by atoms with Gasteiger partial charge >= 0.3 is 5.97 Å². The van der Waals surface area contributed by atoms with Crippen molar-refractivity contribution in [3.63, 3.8) is 0 Å². The molecule has 0 saturated carbocycles. The minimum absolute atomic E-state index is 0.0248. The molecule has 2 rings (SSSR count). The van der Waals surface area contributed by atoms with Gasteiger partial charge < -0.3 is 14.7 Å². The van der Waals surface area contributed by atoms with Crippen molar-refractivity contribution in [2.24, 2.45) is 0 Å². The van der Waals surface area contributed by atoms with Gasteiger partial charge in [-0.3, -0.25) is 9.59 Å². The first-order valence-electron chi connectivity index (χ1n) is 5.48. The zero-order chi connectivity index (χ0) is 14.0. The molecule has 0 aromatic heterocycles. The second-order valence-electron chi connectivity index (χ2n) is 3.87. The van der Waals surface area contributed by atoms with Gasteiger partial charge in [-0.05, 0) is 12.1 Å². The number of carboxylic acids is 1. The number of methoxy groups -OCH3 is 1. The molecule has 1 amide bonds. The number of anilines is 1. The first-order valence-corrected chi connectivity index (χ1v) is 5.48. The third kappa shape index (κ3) is 2.33. The Labute approximate surface area is 108 Å². The summed E-state index contributed by atoms with van der Waals surface area (Å²) in [6.45, 7) is 0.0248. The normalized spacial score (nSPS) is 14.1. The Kier molecular flexibility index (Phi) is 3.33. The van der Waals surface area contributed by atoms with Crippen molar-refractivity contribution in [3.8, 4) is 5.75 Å². The van der Waals surface area contributed by atoms with Gasteiger partial charge in [0.25, 0.3) is 11.7 Å². The molecule has 1 N–H and O–H groups in total. The monoisotopic (exact) mass is 261 g/mol. The number of rotatable bonds is 4. The van der Waals surface area contributed by atoms with Crippen LogP contribution in [0.3, 0.4) is 0 Å². The van der Waals surface area contributed by atoms with Gasteiger partial charge in [0.05, 0.1) is 18.4 Å². The SMILES string of the molecule is COc1ccc2c(c1)N(C/C=C/C(=O)O)C(=O)C2=O. The fourth-order valence-corrected chi connectivity index (χ4v) is 1.84. The molecule has 1 aromatic carbocycles. The van der Waals surface area contributed by atoms with Gasteiger partial charge in [0.2, 0.25) is 0 Å². The van der Waals surface area contributed by atoms with Gasteiger partial charge in [-0.1, -0.05) is 6.08 Å². The lowest BCUT2D eigenvalue weighted by molar-refractivity contribution is -0.131. The van der Waals surface area contributed by atoms with Crippen LogP contribution in [0.4, 0.5) is 5.69 Å². The molecule has 6 heteroatoms. The number of Topliss-reactive ketones (excluding diaryl/α,β-unsaturated/α-hetero) is 1. The lowest BCUT2D eigenvalue weighted by Gasteiger charge is -2.14. The Morgan fingerprint density at radius 1 is 1.42 bits per heavy atom. The second kappa shape index (κ2) is 4.93. The standard InChI is InChI=1S/C13H11NO5/c1-19-8-4-5-9-10(7-8)14(13(18)12(9)17)6-2-3-11(15)16/h2-5,7H,6H2,1H3,(H,15,16)/b3-2+. The van der Waals surface area contributed by atoms with Crippen molar-refractivity contribution in [1.29, 1.82) is 0 Å². The molecule has 6 nitrogen and oxygen atoms in total. The molecule has 0 saturated heterocycles. The fraction of sp³-hybridized carbons (Fsp3) is 0.154. The number of carboxylic acid groups (broad SMARTS) is 1. The van der Waals surface area contributed by atoms with Crippen LogP contribution in [0.5, 0.6) is 5.75 Å². The summed E-state index contributed by atoms with van der Waals surface area (Å²) < 4.78 is 5.04. The summed E-state index contributed by atoms with van der Waals surface area (Å²) in [5.74, 6) is -1.85. The molecule has 0 aliphatic carbocycles. The van der Waals surface area contributed by atoms with Crippen LogP contribution in [0.15, 0.2) is 30.4 Å². The van der Waals surface area contributed by atoms with E-state index in [4.69, 9.17) is 9.84 Å². The van der Waals surface area contributed by atoms with Crippen LogP contribution in [0.25, 0.3) is 0 Å². The number of carbonyl (C=O) groups excluding carboxylic acids is 2. The molecule has 1 aromatic rings. The Bertz CT molecular complexity index is 591. The van der Waals surface area contributed by atoms with E-state index in [1.54, 1.807) is 12.1 Å². The fourth-order valence-electron chi connectivity index (χ4n) is 1.84. The average Bonchev–Trinajstić information content (AvgIpc) is 2.63. The van der Waals surface area contributed by atoms with Gasteiger partial charge in [0.15, 0.2) is 0 Å². The highest BCUT2D eigenvalue weighted by Crippen LogP contribution is 2.32. The van der Waals surface area contributed by atoms with E-state index < -0.39 is 17.7 Å². The van der Waals surface area contributed by atoms with Crippen molar-refractivity contribution in [2.45, 2.75) is 0 Å². The molecule has 1 aliphatic rings. The van der Waals surface area contributed by atoms with Crippen molar-refractivity contribution in [3.05, 3.63) is 35.9 Å². The number of fused-ring (bicyclic) bond motifs is 1. The van der Waals surface area contributed by atoms with Crippen LogP contribution in [0.2, 0.25) is 0 Å². The number of hydrogen-bond acceptors (Lipinski definition) is 4. The van der Waals surface area contributed by atoms with Crippen LogP contribution >= 0.6 is 0 Å². The highest BCUT2D eigenvalue weighted by molar-refractivity contribution is 6.52. The largest absolute Gasteiger partial charge is 0.497 e. The van der Waals surface area contributed by atoms with E-state index >= 15 is 0 Å². The molecular weight excluding hydrogens is 250 g/mol. The van der Waals surface area contributed by atoms with Crippen LogP contribution in [0.1, 0.15) is 10.4 Å². The summed E-state index contributed by atoms with van der Waals surface area (Å²) in [6, 6.07) is 4.70. The lowest BCUT2D eigenvalue weighted by atomic mass is 10.1. The van der Waals surface area contributed by atoms with Crippen LogP contribution in [0, 0.1) is 0 Å². The van der Waals surface area contributed by atoms with Gasteiger partial charge in [-0.2, -0.15) is 0 Å². The van der Waals surface area contributed by atoms with E-state index in [0.717, 1.165) is 6.08 Å². The maximum absolute atomic E-state index is 11.8. The number of ether oxygens (including phenoxy) is 1. The highest BCUT2D eigenvalue weighted by atomic mass is 16.5. The summed E-state index contributed by atoms with van der Waals surface area (Å²) in [4.78, 5) is 35.1. The predicted octanol–water partition coefficient (Wildman–Crippen LogP) is 0.865. The Balaban J connectivity index is 2.34. The first kappa shape index (κ1) is 12.8. The number of aliphatic carboxylic acids is 1. The minimum Gasteiger partial charge on any atom is -0.497 e. The molecule has 0 radical (unpaired) electrons. The van der Waals surface area contributed by atoms with Crippen LogP contribution in [-0.2, 0) is 9.59 Å². The number of hydrogen-bond donors (Lipinski definition) is 1. The Morgan fingerprint density at radius 3 is 2.79 bits per heavy atom. The summed E-state index contributed by atoms with van der Waals surface area (Å²) in [7, 11) is 1.48. The van der Waals surface area contributed by atoms with E-state index in [1.165, 1.54) is 24.2 Å². The predicted molar refractivity (Wildman–Crippen MR) is 66.5 cm³/mol. The zero-order valence-corrected chi connectivity index (χ0v) is 10.1. The highest BCUT2D eigenvalue weighted by Gasteiger charge is 2.35. The van der Waals surface area contributed by atoms with E-state index in [-0.39, 0.29) is 6.54 Å². The van der Waals surface area contributed by atoms with E-state index in [2.05, 4.69) is 0 Å². The van der Waals surface area contributed by atoms with Crippen molar-refractivity contribution < 1.29 is 24.2 Å². The van der Waals surface area contributed by atoms with Crippen molar-refractivity contribution >= 4 is 23.3 Å². The lowest BCUT2D eigenvalue weighted by Crippen LogP contribution is -2.29. The molecule has 19 heavy (non-hydrogen) atoms. The second-order valence-corrected chi connectivity index (χ2v) is 3.87. The minimum atomic E-state index is -1.11. The van der Waals surface area contributed by atoms with Crippen molar-refractivity contribution in [2.75, 3.05) is 18.6 Å². The summed E-state index contributed by atoms with van der Waals surface area (Å²) >= 11 is 0. The Hall–Kier alpha value is -2.63. The molecule has 0 spiro atoms. The molecule has 1 heterocycles. The number of benzene rings is 1. The smallest absolute Gasteiger partial charge is 0.328 e. The van der Waals surface area contributed by atoms with E-state index in [1.807, 2.05) is 0 Å². The summed E-state index contributed by atoms with van der Waals surface area (Å²) in [5, 5.41) is 8.51. The number of amides is 1. The third-order valence-electron chi connectivity index (χ3n) is 2.73. The quantitative estimate of drug-likeness (QED) is 0.642. The van der Waals surface area contributed by atoms with Crippen molar-refractivity contribution in [1.82, 2.24) is 0 Å².